The van der Waals surface area contributed by atoms with Crippen LogP contribution in [0.2, 0.25) is 10.0 Å². The normalized spacial score (nSPS) is 26.1. The number of carbonyl (C=O) groups excluding carboxylic acids is 1. The van der Waals surface area contributed by atoms with Crippen LogP contribution in [0.1, 0.15) is 55.2 Å². The van der Waals surface area contributed by atoms with Crippen LogP contribution in [0.25, 0.3) is 17.2 Å². The first-order valence-corrected chi connectivity index (χ1v) is 13.8. The lowest BCUT2D eigenvalue weighted by Crippen LogP contribution is -2.48. The van der Waals surface area contributed by atoms with E-state index in [-0.39, 0.29) is 5.41 Å². The average Bonchev–Trinajstić information content (AvgIpc) is 2.86. The molecule has 4 aliphatic rings. The number of carbonyl (C=O) groups is 1. The van der Waals surface area contributed by atoms with Gasteiger partial charge in [-0.3, -0.25) is 0 Å². The lowest BCUT2D eigenvalue weighted by molar-refractivity contribution is -0.297. The molecule has 0 radical (unpaired) electrons. The van der Waals surface area contributed by atoms with E-state index in [0.717, 1.165) is 46.3 Å². The Morgan fingerprint density at radius 2 is 1.54 bits per heavy atom. The van der Waals surface area contributed by atoms with Crippen LogP contribution >= 0.6 is 23.2 Å². The maximum atomic E-state index is 10.8. The van der Waals surface area contributed by atoms with Crippen LogP contribution in [-0.2, 0) is 16.8 Å². The van der Waals surface area contributed by atoms with Crippen molar-refractivity contribution in [2.24, 2.45) is 17.8 Å². The topological polar surface area (TPSA) is 49.4 Å². The number of aliphatic carboxylic acids is 1. The fourth-order valence-corrected chi connectivity index (χ4v) is 8.25. The fraction of sp³-hybridized carbons (Fsp3) is 0.344. The van der Waals surface area contributed by atoms with E-state index in [2.05, 4.69) is 24.3 Å². The molecular formula is C32H29Cl2O3-. The Morgan fingerprint density at radius 3 is 2.14 bits per heavy atom. The first-order chi connectivity index (χ1) is 17.9. The zero-order chi connectivity index (χ0) is 25.6. The second-order valence-electron chi connectivity index (χ2n) is 11.2. The molecule has 4 saturated carbocycles. The lowest BCUT2D eigenvalue weighted by atomic mass is 9.48. The summed E-state index contributed by atoms with van der Waals surface area (Å²) in [5.74, 6) is 2.11. The number of rotatable bonds is 7. The fourth-order valence-electron chi connectivity index (χ4n) is 7.53. The van der Waals surface area contributed by atoms with Gasteiger partial charge in [0, 0.05) is 11.1 Å². The standard InChI is InChI=1S/C32H30Cl2O3/c33-27-13-21(6-9-30(35)36)14-28(34)31(27)25-7-8-29(37-19-20-4-2-1-3-5-20)26(15-25)32-16-22-10-23(17-32)12-24(11-22)18-32/h1-9,13-15,22-24H,10-12,16-19H2,(H,35,36)/p-1/b9-6+. The minimum Gasteiger partial charge on any atom is -0.545 e. The Balaban J connectivity index is 1.41. The molecule has 0 aliphatic heterocycles. The zero-order valence-corrected chi connectivity index (χ0v) is 22.1. The number of benzene rings is 3. The molecule has 0 N–H and O–H groups in total. The van der Waals surface area contributed by atoms with Crippen molar-refractivity contribution in [1.29, 1.82) is 0 Å². The van der Waals surface area contributed by atoms with Crippen LogP contribution in [-0.4, -0.2) is 5.97 Å². The van der Waals surface area contributed by atoms with Crippen molar-refractivity contribution < 1.29 is 14.6 Å². The van der Waals surface area contributed by atoms with Crippen LogP contribution < -0.4 is 9.84 Å². The highest BCUT2D eigenvalue weighted by atomic mass is 35.5. The molecule has 190 valence electrons. The highest BCUT2D eigenvalue weighted by Gasteiger charge is 2.52. The van der Waals surface area contributed by atoms with Crippen molar-refractivity contribution in [3.63, 3.8) is 0 Å². The van der Waals surface area contributed by atoms with Gasteiger partial charge in [-0.25, -0.2) is 0 Å². The van der Waals surface area contributed by atoms with Crippen molar-refractivity contribution in [2.75, 3.05) is 0 Å². The molecule has 3 aromatic carbocycles. The van der Waals surface area contributed by atoms with Crippen LogP contribution in [0.15, 0.2) is 66.7 Å². The molecule has 7 rings (SSSR count). The Hall–Kier alpha value is -2.75. The smallest absolute Gasteiger partial charge is 0.123 e. The quantitative estimate of drug-likeness (QED) is 0.297. The number of hydrogen-bond acceptors (Lipinski definition) is 3. The third kappa shape index (κ3) is 4.92. The van der Waals surface area contributed by atoms with Gasteiger partial charge in [0.05, 0.1) is 16.0 Å². The largest absolute Gasteiger partial charge is 0.545 e. The van der Waals surface area contributed by atoms with E-state index in [0.29, 0.717) is 22.2 Å². The second kappa shape index (κ2) is 9.85. The summed E-state index contributed by atoms with van der Waals surface area (Å²) in [6.45, 7) is 0.528. The van der Waals surface area contributed by atoms with Crippen molar-refractivity contribution >= 4 is 35.2 Å². The van der Waals surface area contributed by atoms with Gasteiger partial charge in [0.15, 0.2) is 0 Å². The van der Waals surface area contributed by atoms with Gasteiger partial charge in [0.25, 0.3) is 0 Å². The molecule has 0 saturated heterocycles. The van der Waals surface area contributed by atoms with E-state index in [1.54, 1.807) is 12.1 Å². The van der Waals surface area contributed by atoms with Crippen LogP contribution in [0, 0.1) is 17.8 Å². The Bertz CT molecular complexity index is 1300. The number of ether oxygens (including phenoxy) is 1. The van der Waals surface area contributed by atoms with Gasteiger partial charge in [-0.2, -0.15) is 0 Å². The van der Waals surface area contributed by atoms with Crippen molar-refractivity contribution in [1.82, 2.24) is 0 Å². The third-order valence-corrected chi connectivity index (χ3v) is 9.19. The Kier molecular flexibility index (Phi) is 6.54. The highest BCUT2D eigenvalue weighted by molar-refractivity contribution is 6.39. The zero-order valence-electron chi connectivity index (χ0n) is 20.6. The van der Waals surface area contributed by atoms with Crippen LogP contribution in [0.5, 0.6) is 5.75 Å². The number of carboxylic acids is 1. The predicted octanol–water partition coefficient (Wildman–Crippen LogP) is 7.47. The molecule has 0 atom stereocenters. The molecule has 0 aromatic heterocycles. The van der Waals surface area contributed by atoms with Gasteiger partial charge in [0.2, 0.25) is 0 Å². The molecule has 4 aliphatic carbocycles. The molecular weight excluding hydrogens is 503 g/mol. The summed E-state index contributed by atoms with van der Waals surface area (Å²) < 4.78 is 6.50. The first-order valence-electron chi connectivity index (χ1n) is 13.1. The minimum atomic E-state index is -1.26. The summed E-state index contributed by atoms with van der Waals surface area (Å²) in [4.78, 5) is 10.8. The van der Waals surface area contributed by atoms with E-state index < -0.39 is 5.97 Å². The summed E-state index contributed by atoms with van der Waals surface area (Å²) in [5.41, 5.74) is 4.90. The molecule has 37 heavy (non-hydrogen) atoms. The summed E-state index contributed by atoms with van der Waals surface area (Å²) in [6, 6.07) is 20.2. The predicted molar refractivity (Wildman–Crippen MR) is 147 cm³/mol. The molecule has 4 bridgehead atoms. The summed E-state index contributed by atoms with van der Waals surface area (Å²) in [6.07, 6.45) is 10.2. The minimum absolute atomic E-state index is 0.132. The maximum Gasteiger partial charge on any atom is 0.123 e. The Labute approximate surface area is 228 Å². The van der Waals surface area contributed by atoms with Gasteiger partial charge < -0.3 is 14.6 Å². The Morgan fingerprint density at radius 1 is 0.919 bits per heavy atom. The third-order valence-electron chi connectivity index (χ3n) is 8.59. The van der Waals surface area contributed by atoms with Gasteiger partial charge in [0.1, 0.15) is 12.4 Å². The molecule has 0 spiro atoms. The molecule has 4 fully saturated rings. The molecule has 5 heteroatoms. The van der Waals surface area contributed by atoms with E-state index >= 15 is 0 Å². The molecule has 0 unspecified atom stereocenters. The maximum absolute atomic E-state index is 10.8. The van der Waals surface area contributed by atoms with Crippen molar-refractivity contribution in [3.8, 4) is 16.9 Å². The van der Waals surface area contributed by atoms with Gasteiger partial charge in [-0.15, -0.1) is 0 Å². The number of hydrogen-bond donors (Lipinski definition) is 0. The highest BCUT2D eigenvalue weighted by Crippen LogP contribution is 2.62. The van der Waals surface area contributed by atoms with E-state index in [1.165, 1.54) is 50.2 Å². The van der Waals surface area contributed by atoms with Gasteiger partial charge in [-0.1, -0.05) is 65.7 Å². The van der Waals surface area contributed by atoms with E-state index in [4.69, 9.17) is 27.9 Å². The van der Waals surface area contributed by atoms with Crippen LogP contribution in [0.3, 0.4) is 0 Å². The average molecular weight is 532 g/mol. The van der Waals surface area contributed by atoms with Crippen molar-refractivity contribution in [3.05, 3.63) is 93.5 Å². The first kappa shape index (κ1) is 24.6. The lowest BCUT2D eigenvalue weighted by Gasteiger charge is -2.57. The van der Waals surface area contributed by atoms with E-state index in [1.807, 2.05) is 24.3 Å². The molecule has 0 heterocycles. The summed E-state index contributed by atoms with van der Waals surface area (Å²) in [7, 11) is 0. The molecule has 3 nitrogen and oxygen atoms in total. The molecule has 0 amide bonds. The van der Waals surface area contributed by atoms with Gasteiger partial charge >= 0.3 is 0 Å². The number of halogens is 2. The SMILES string of the molecule is O=C([O-])/C=C/c1cc(Cl)c(-c2ccc(OCc3ccccc3)c(C34CC5CC(CC(C5)C3)C4)c2)c(Cl)c1. The second-order valence-corrected chi connectivity index (χ2v) is 12.0. The summed E-state index contributed by atoms with van der Waals surface area (Å²) >= 11 is 13.4. The number of carboxylic acid groups (broad SMARTS) is 1. The van der Waals surface area contributed by atoms with E-state index in [9.17, 15) is 9.90 Å². The van der Waals surface area contributed by atoms with Crippen LogP contribution in [0.4, 0.5) is 0 Å². The molecule has 3 aromatic rings. The van der Waals surface area contributed by atoms with Gasteiger partial charge in [-0.05, 0) is 109 Å². The summed E-state index contributed by atoms with van der Waals surface area (Å²) in [5, 5.41) is 11.8. The monoisotopic (exact) mass is 531 g/mol. The van der Waals surface area contributed by atoms with Crippen molar-refractivity contribution in [2.45, 2.75) is 50.5 Å².